The molecule has 0 aromatic heterocycles. The van der Waals surface area contributed by atoms with E-state index in [1.807, 2.05) is 32.9 Å². The molecule has 5 nitrogen and oxygen atoms in total. The number of carbonyl (C=O) groups excluding carboxylic acids is 2. The van der Waals surface area contributed by atoms with Crippen molar-refractivity contribution in [2.45, 2.75) is 65.3 Å². The van der Waals surface area contributed by atoms with Crippen molar-refractivity contribution in [2.24, 2.45) is 17.8 Å². The lowest BCUT2D eigenvalue weighted by molar-refractivity contribution is -0.143. The van der Waals surface area contributed by atoms with Gasteiger partial charge in [0, 0.05) is 18.8 Å². The topological polar surface area (TPSA) is 83.5 Å². The molecule has 1 rings (SSSR count). The van der Waals surface area contributed by atoms with Crippen LogP contribution in [0.3, 0.4) is 0 Å². The lowest BCUT2D eigenvalue weighted by Crippen LogP contribution is -2.45. The van der Waals surface area contributed by atoms with Gasteiger partial charge in [-0.25, -0.2) is 4.79 Å². The van der Waals surface area contributed by atoms with Crippen LogP contribution in [-0.2, 0) is 14.4 Å². The highest BCUT2D eigenvalue weighted by Gasteiger charge is 2.35. The Morgan fingerprint density at radius 2 is 2.04 bits per heavy atom. The van der Waals surface area contributed by atoms with Gasteiger partial charge in [0.1, 0.15) is 11.8 Å². The Kier molecular flexibility index (Phi) is 8.00. The van der Waals surface area contributed by atoms with E-state index < -0.39 is 12.0 Å². The van der Waals surface area contributed by atoms with E-state index >= 15 is 0 Å². The summed E-state index contributed by atoms with van der Waals surface area (Å²) in [6.07, 6.45) is 7.82. The highest BCUT2D eigenvalue weighted by molar-refractivity contribution is 5.87. The Morgan fingerprint density at radius 1 is 1.35 bits per heavy atom. The van der Waals surface area contributed by atoms with Crippen LogP contribution in [0, 0.1) is 17.8 Å². The summed E-state index contributed by atoms with van der Waals surface area (Å²) in [5.74, 6) is -1.24. The number of hydrogen-bond donors (Lipinski definition) is 2. The maximum atomic E-state index is 12.2. The molecule has 5 heteroatoms. The van der Waals surface area contributed by atoms with Crippen molar-refractivity contribution in [2.75, 3.05) is 0 Å². The van der Waals surface area contributed by atoms with Gasteiger partial charge in [0.05, 0.1) is 0 Å². The van der Waals surface area contributed by atoms with Crippen molar-refractivity contribution < 1.29 is 19.5 Å². The summed E-state index contributed by atoms with van der Waals surface area (Å²) >= 11 is 0. The van der Waals surface area contributed by atoms with Gasteiger partial charge >= 0.3 is 5.97 Å². The molecule has 2 N–H and O–H groups in total. The Hall–Kier alpha value is -1.65. The summed E-state index contributed by atoms with van der Waals surface area (Å²) < 4.78 is 0. The number of nitrogens with one attached hydrogen (secondary N) is 1. The summed E-state index contributed by atoms with van der Waals surface area (Å²) in [7, 11) is 0. The van der Waals surface area contributed by atoms with Gasteiger partial charge in [0.25, 0.3) is 0 Å². The zero-order chi connectivity index (χ0) is 17.4. The minimum absolute atomic E-state index is 0.0235. The molecule has 4 atom stereocenters. The van der Waals surface area contributed by atoms with Crippen LogP contribution in [0.25, 0.3) is 0 Å². The van der Waals surface area contributed by atoms with E-state index in [0.29, 0.717) is 19.3 Å². The standard InChI is InChI=1S/C18H29NO4/c1-4-6-7-8-14-13(9-10-15(14)20)11-16(21)19-17(18(22)23)12(3)5-2/h6-7,12-14,17H,4-5,8-11H2,1-3H3,(H,19,21)(H,22,23)/t12-,13+,14+,17-/m0/s1. The van der Waals surface area contributed by atoms with Crippen LogP contribution in [-0.4, -0.2) is 28.8 Å². The van der Waals surface area contributed by atoms with E-state index in [4.69, 9.17) is 0 Å². The van der Waals surface area contributed by atoms with Crippen molar-refractivity contribution >= 4 is 17.7 Å². The van der Waals surface area contributed by atoms with Crippen molar-refractivity contribution in [1.82, 2.24) is 5.32 Å². The van der Waals surface area contributed by atoms with Crippen molar-refractivity contribution in [3.8, 4) is 0 Å². The van der Waals surface area contributed by atoms with E-state index in [1.165, 1.54) is 0 Å². The second-order valence-electron chi connectivity index (χ2n) is 6.46. The first-order chi connectivity index (χ1) is 10.9. The number of carboxylic acids is 1. The van der Waals surface area contributed by atoms with E-state index in [0.717, 1.165) is 12.8 Å². The number of hydrogen-bond acceptors (Lipinski definition) is 3. The number of amides is 1. The van der Waals surface area contributed by atoms with Gasteiger partial charge in [0.2, 0.25) is 5.91 Å². The Labute approximate surface area is 138 Å². The molecular formula is C18H29NO4. The Bertz CT molecular complexity index is 458. The zero-order valence-electron chi connectivity index (χ0n) is 14.4. The third kappa shape index (κ3) is 5.81. The molecule has 1 aliphatic carbocycles. The van der Waals surface area contributed by atoms with Crippen LogP contribution < -0.4 is 5.32 Å². The molecule has 0 spiro atoms. The number of rotatable bonds is 9. The fourth-order valence-corrected chi connectivity index (χ4v) is 3.11. The first-order valence-electron chi connectivity index (χ1n) is 8.60. The second-order valence-corrected chi connectivity index (χ2v) is 6.46. The quantitative estimate of drug-likeness (QED) is 0.639. The second kappa shape index (κ2) is 9.48. The fourth-order valence-electron chi connectivity index (χ4n) is 3.11. The maximum absolute atomic E-state index is 12.2. The van der Waals surface area contributed by atoms with Crippen LogP contribution in [0.15, 0.2) is 12.2 Å². The minimum atomic E-state index is -1.00. The number of allylic oxidation sites excluding steroid dienone is 2. The molecular weight excluding hydrogens is 294 g/mol. The summed E-state index contributed by atoms with van der Waals surface area (Å²) in [5, 5.41) is 11.9. The van der Waals surface area contributed by atoms with Gasteiger partial charge in [-0.3, -0.25) is 9.59 Å². The number of carboxylic acid groups (broad SMARTS) is 1. The predicted octanol–water partition coefficient (Wildman–Crippen LogP) is 2.94. The molecule has 1 fully saturated rings. The smallest absolute Gasteiger partial charge is 0.326 e. The van der Waals surface area contributed by atoms with Gasteiger partial charge in [0.15, 0.2) is 0 Å². The summed E-state index contributed by atoms with van der Waals surface area (Å²) in [6, 6.07) is -0.858. The molecule has 1 saturated carbocycles. The van der Waals surface area contributed by atoms with Crippen molar-refractivity contribution in [3.63, 3.8) is 0 Å². The molecule has 0 bridgehead atoms. The highest BCUT2D eigenvalue weighted by atomic mass is 16.4. The highest BCUT2D eigenvalue weighted by Crippen LogP contribution is 2.34. The van der Waals surface area contributed by atoms with Gasteiger partial charge in [-0.1, -0.05) is 39.3 Å². The molecule has 0 aromatic rings. The van der Waals surface area contributed by atoms with E-state index in [9.17, 15) is 19.5 Å². The molecule has 1 aliphatic rings. The monoisotopic (exact) mass is 323 g/mol. The normalized spacial score (nSPS) is 23.9. The lowest BCUT2D eigenvalue weighted by Gasteiger charge is -2.22. The van der Waals surface area contributed by atoms with Crippen LogP contribution in [0.1, 0.15) is 59.3 Å². The van der Waals surface area contributed by atoms with Crippen LogP contribution in [0.4, 0.5) is 0 Å². The number of aliphatic carboxylic acids is 1. The number of Topliss-reactive ketones (excluding diaryl/α,β-unsaturated/α-hetero) is 1. The van der Waals surface area contributed by atoms with Crippen molar-refractivity contribution in [1.29, 1.82) is 0 Å². The predicted molar refractivity (Wildman–Crippen MR) is 88.9 cm³/mol. The van der Waals surface area contributed by atoms with E-state index in [2.05, 4.69) is 5.32 Å². The van der Waals surface area contributed by atoms with Crippen molar-refractivity contribution in [3.05, 3.63) is 12.2 Å². The third-order valence-electron chi connectivity index (χ3n) is 4.78. The molecule has 1 amide bonds. The molecule has 130 valence electrons. The summed E-state index contributed by atoms with van der Waals surface area (Å²) in [6.45, 7) is 5.76. The zero-order valence-corrected chi connectivity index (χ0v) is 14.4. The molecule has 0 aromatic carbocycles. The van der Waals surface area contributed by atoms with Gasteiger partial charge < -0.3 is 10.4 Å². The molecule has 0 aliphatic heterocycles. The van der Waals surface area contributed by atoms with Gasteiger partial charge in [-0.05, 0) is 31.1 Å². The summed E-state index contributed by atoms with van der Waals surface area (Å²) in [4.78, 5) is 35.5. The molecule has 0 saturated heterocycles. The molecule has 0 unspecified atom stereocenters. The van der Waals surface area contributed by atoms with Gasteiger partial charge in [-0.15, -0.1) is 0 Å². The van der Waals surface area contributed by atoms with Crippen LogP contribution >= 0.6 is 0 Å². The Morgan fingerprint density at radius 3 is 2.61 bits per heavy atom. The Balaban J connectivity index is 2.62. The first kappa shape index (κ1) is 19.4. The first-order valence-corrected chi connectivity index (χ1v) is 8.60. The summed E-state index contributed by atoms with van der Waals surface area (Å²) in [5.41, 5.74) is 0. The molecule has 0 radical (unpaired) electrons. The molecule has 0 heterocycles. The number of carbonyl (C=O) groups is 3. The third-order valence-corrected chi connectivity index (χ3v) is 4.78. The van der Waals surface area contributed by atoms with Crippen LogP contribution in [0.2, 0.25) is 0 Å². The van der Waals surface area contributed by atoms with E-state index in [-0.39, 0.29) is 35.9 Å². The fraction of sp³-hybridized carbons (Fsp3) is 0.722. The van der Waals surface area contributed by atoms with Crippen LogP contribution in [0.5, 0.6) is 0 Å². The maximum Gasteiger partial charge on any atom is 0.326 e. The molecule has 23 heavy (non-hydrogen) atoms. The van der Waals surface area contributed by atoms with Gasteiger partial charge in [-0.2, -0.15) is 0 Å². The SMILES string of the molecule is CCC=CC[C@H]1C(=O)CC[C@@H]1CC(=O)N[C@H](C(=O)O)[C@@H](C)CC. The minimum Gasteiger partial charge on any atom is -0.480 e. The van der Waals surface area contributed by atoms with E-state index in [1.54, 1.807) is 0 Å². The average Bonchev–Trinajstić information content (AvgIpc) is 2.84. The number of ketones is 1. The lowest BCUT2D eigenvalue weighted by atomic mass is 9.89. The average molecular weight is 323 g/mol. The largest absolute Gasteiger partial charge is 0.480 e.